The molecule has 0 saturated carbocycles. The van der Waals surface area contributed by atoms with Crippen LogP contribution >= 0.6 is 0 Å². The summed E-state index contributed by atoms with van der Waals surface area (Å²) in [5.41, 5.74) is 7.46. The predicted molar refractivity (Wildman–Crippen MR) is 70.0 cm³/mol. The Hall–Kier alpha value is -1.71. The summed E-state index contributed by atoms with van der Waals surface area (Å²) in [6, 6.07) is 7.20. The molecule has 0 saturated heterocycles. The monoisotopic (exact) mass is 236 g/mol. The third kappa shape index (κ3) is 3.12. The molecule has 0 aliphatic carbocycles. The maximum Gasteiger partial charge on any atom is 0.328 e. The zero-order valence-electron chi connectivity index (χ0n) is 10.6. The Morgan fingerprint density at radius 3 is 2.59 bits per heavy atom. The Labute approximate surface area is 102 Å². The third-order valence-corrected chi connectivity index (χ3v) is 2.68. The van der Waals surface area contributed by atoms with Crippen LogP contribution in [0.25, 0.3) is 0 Å². The van der Waals surface area contributed by atoms with E-state index < -0.39 is 0 Å². The van der Waals surface area contributed by atoms with Crippen LogP contribution in [-0.2, 0) is 9.53 Å². The van der Waals surface area contributed by atoms with Crippen LogP contribution in [0.4, 0.5) is 11.4 Å². The van der Waals surface area contributed by atoms with E-state index in [1.165, 1.54) is 0 Å². The van der Waals surface area contributed by atoms with Gasteiger partial charge in [0.1, 0.15) is 6.04 Å². The summed E-state index contributed by atoms with van der Waals surface area (Å²) in [5, 5.41) is 0. The van der Waals surface area contributed by atoms with Gasteiger partial charge in [0, 0.05) is 6.54 Å². The van der Waals surface area contributed by atoms with Gasteiger partial charge in [-0.05, 0) is 32.9 Å². The van der Waals surface area contributed by atoms with Crippen LogP contribution in [0.15, 0.2) is 24.3 Å². The lowest BCUT2D eigenvalue weighted by atomic mass is 10.2. The van der Waals surface area contributed by atoms with E-state index in [2.05, 4.69) is 0 Å². The van der Waals surface area contributed by atoms with Crippen molar-refractivity contribution in [2.45, 2.75) is 26.8 Å². The van der Waals surface area contributed by atoms with E-state index in [-0.39, 0.29) is 12.0 Å². The molecule has 0 aliphatic rings. The van der Waals surface area contributed by atoms with Gasteiger partial charge >= 0.3 is 5.97 Å². The van der Waals surface area contributed by atoms with Crippen LogP contribution < -0.4 is 10.6 Å². The first-order valence-corrected chi connectivity index (χ1v) is 5.89. The van der Waals surface area contributed by atoms with Crippen LogP contribution in [0.5, 0.6) is 0 Å². The topological polar surface area (TPSA) is 55.6 Å². The summed E-state index contributed by atoms with van der Waals surface area (Å²) in [6.07, 6.45) is 0. The van der Waals surface area contributed by atoms with Gasteiger partial charge in [-0.25, -0.2) is 4.79 Å². The molecule has 1 rings (SSSR count). The fraction of sp³-hybridized carbons (Fsp3) is 0.462. The lowest BCUT2D eigenvalue weighted by Crippen LogP contribution is -2.40. The summed E-state index contributed by atoms with van der Waals surface area (Å²) in [6.45, 7) is 6.72. The van der Waals surface area contributed by atoms with Crippen molar-refractivity contribution in [3.63, 3.8) is 0 Å². The molecule has 1 atom stereocenters. The number of likely N-dealkylation sites (N-methyl/N-ethyl adjacent to an activating group) is 1. The van der Waals surface area contributed by atoms with E-state index in [4.69, 9.17) is 10.5 Å². The molecule has 0 aliphatic heterocycles. The maximum atomic E-state index is 11.7. The largest absolute Gasteiger partial charge is 0.464 e. The quantitative estimate of drug-likeness (QED) is 0.628. The molecule has 17 heavy (non-hydrogen) atoms. The number of hydrogen-bond acceptors (Lipinski definition) is 4. The standard InChI is InChI=1S/C13H20N2O2/c1-4-15(10(3)13(16)17-5-2)12-9-7-6-8-11(12)14/h6-10H,4-5,14H2,1-3H3. The lowest BCUT2D eigenvalue weighted by Gasteiger charge is -2.29. The molecule has 0 spiro atoms. The van der Waals surface area contributed by atoms with E-state index >= 15 is 0 Å². The number of nitrogen functional groups attached to an aromatic ring is 1. The van der Waals surface area contributed by atoms with Gasteiger partial charge in [-0.1, -0.05) is 12.1 Å². The number of nitrogens with two attached hydrogens (primary N) is 1. The molecule has 1 aromatic carbocycles. The summed E-state index contributed by atoms with van der Waals surface area (Å²) in [7, 11) is 0. The van der Waals surface area contributed by atoms with Crippen molar-refractivity contribution < 1.29 is 9.53 Å². The highest BCUT2D eigenvalue weighted by Crippen LogP contribution is 2.24. The Morgan fingerprint density at radius 1 is 1.41 bits per heavy atom. The second-order valence-electron chi connectivity index (χ2n) is 3.77. The van der Waals surface area contributed by atoms with E-state index in [0.29, 0.717) is 18.8 Å². The summed E-state index contributed by atoms with van der Waals surface area (Å²) >= 11 is 0. The van der Waals surface area contributed by atoms with E-state index in [9.17, 15) is 4.79 Å². The Bertz CT molecular complexity index is 379. The van der Waals surface area contributed by atoms with Gasteiger partial charge in [0.05, 0.1) is 18.0 Å². The second-order valence-corrected chi connectivity index (χ2v) is 3.77. The summed E-state index contributed by atoms with van der Waals surface area (Å²) in [4.78, 5) is 13.7. The molecular formula is C13H20N2O2. The first-order valence-electron chi connectivity index (χ1n) is 5.89. The molecule has 2 N–H and O–H groups in total. The number of para-hydroxylation sites is 2. The minimum atomic E-state index is -0.329. The molecule has 0 bridgehead atoms. The highest BCUT2D eigenvalue weighted by molar-refractivity contribution is 5.82. The molecule has 0 radical (unpaired) electrons. The first-order chi connectivity index (χ1) is 8.11. The minimum absolute atomic E-state index is 0.224. The fourth-order valence-electron chi connectivity index (χ4n) is 1.79. The van der Waals surface area contributed by atoms with Crippen LogP contribution in [-0.4, -0.2) is 25.2 Å². The van der Waals surface area contributed by atoms with Gasteiger partial charge in [0.2, 0.25) is 0 Å². The summed E-state index contributed by atoms with van der Waals surface area (Å²) in [5.74, 6) is -0.224. The number of ether oxygens (including phenoxy) is 1. The van der Waals surface area contributed by atoms with Gasteiger partial charge in [-0.2, -0.15) is 0 Å². The third-order valence-electron chi connectivity index (χ3n) is 2.68. The number of carbonyl (C=O) groups excluding carboxylic acids is 1. The molecule has 1 unspecified atom stereocenters. The molecule has 1 aromatic rings. The van der Waals surface area contributed by atoms with E-state index in [0.717, 1.165) is 5.69 Å². The van der Waals surface area contributed by atoms with Crippen molar-refractivity contribution in [1.29, 1.82) is 0 Å². The van der Waals surface area contributed by atoms with Crippen molar-refractivity contribution in [2.24, 2.45) is 0 Å². The van der Waals surface area contributed by atoms with E-state index in [1.54, 1.807) is 6.92 Å². The molecule has 0 fully saturated rings. The first kappa shape index (κ1) is 13.4. The maximum absolute atomic E-state index is 11.7. The average molecular weight is 236 g/mol. The molecule has 0 heterocycles. The van der Waals surface area contributed by atoms with Crippen molar-refractivity contribution in [1.82, 2.24) is 0 Å². The number of esters is 1. The molecule has 0 aromatic heterocycles. The van der Waals surface area contributed by atoms with Crippen molar-refractivity contribution in [3.8, 4) is 0 Å². The van der Waals surface area contributed by atoms with Crippen LogP contribution in [0, 0.1) is 0 Å². The zero-order chi connectivity index (χ0) is 12.8. The van der Waals surface area contributed by atoms with Crippen LogP contribution in [0.3, 0.4) is 0 Å². The van der Waals surface area contributed by atoms with Crippen molar-refractivity contribution in [2.75, 3.05) is 23.8 Å². The van der Waals surface area contributed by atoms with Gasteiger partial charge < -0.3 is 15.4 Å². The van der Waals surface area contributed by atoms with Gasteiger partial charge in [0.15, 0.2) is 0 Å². The number of carbonyl (C=O) groups is 1. The zero-order valence-corrected chi connectivity index (χ0v) is 10.6. The molecular weight excluding hydrogens is 216 g/mol. The predicted octanol–water partition coefficient (Wildman–Crippen LogP) is 2.05. The van der Waals surface area contributed by atoms with E-state index in [1.807, 2.05) is 43.0 Å². The number of rotatable bonds is 5. The van der Waals surface area contributed by atoms with Crippen molar-refractivity contribution in [3.05, 3.63) is 24.3 Å². The number of nitrogens with zero attached hydrogens (tertiary/aromatic N) is 1. The van der Waals surface area contributed by atoms with Crippen LogP contribution in [0.1, 0.15) is 20.8 Å². The smallest absolute Gasteiger partial charge is 0.328 e. The SMILES string of the molecule is CCOC(=O)C(C)N(CC)c1ccccc1N. The van der Waals surface area contributed by atoms with Crippen LogP contribution in [0.2, 0.25) is 0 Å². The minimum Gasteiger partial charge on any atom is -0.464 e. The average Bonchev–Trinajstić information content (AvgIpc) is 2.32. The van der Waals surface area contributed by atoms with Gasteiger partial charge in [-0.15, -0.1) is 0 Å². The molecule has 94 valence electrons. The normalized spacial score (nSPS) is 11.9. The fourth-order valence-corrected chi connectivity index (χ4v) is 1.79. The molecule has 0 amide bonds. The number of hydrogen-bond donors (Lipinski definition) is 1. The highest BCUT2D eigenvalue weighted by Gasteiger charge is 2.22. The summed E-state index contributed by atoms with van der Waals surface area (Å²) < 4.78 is 5.03. The van der Waals surface area contributed by atoms with Crippen molar-refractivity contribution >= 4 is 17.3 Å². The molecule has 4 heteroatoms. The number of anilines is 2. The Balaban J connectivity index is 2.92. The molecule has 4 nitrogen and oxygen atoms in total. The van der Waals surface area contributed by atoms with Gasteiger partial charge in [-0.3, -0.25) is 0 Å². The Morgan fingerprint density at radius 2 is 2.06 bits per heavy atom. The second kappa shape index (κ2) is 6.13. The highest BCUT2D eigenvalue weighted by atomic mass is 16.5. The lowest BCUT2D eigenvalue weighted by molar-refractivity contribution is -0.144. The number of benzene rings is 1. The van der Waals surface area contributed by atoms with Gasteiger partial charge in [0.25, 0.3) is 0 Å². The Kier molecular flexibility index (Phi) is 4.82.